The van der Waals surface area contributed by atoms with Gasteiger partial charge in [-0.2, -0.15) is 0 Å². The van der Waals surface area contributed by atoms with Crippen molar-refractivity contribution in [1.29, 1.82) is 0 Å². The third kappa shape index (κ3) is 7.35. The molecule has 0 radical (unpaired) electrons. The van der Waals surface area contributed by atoms with Gasteiger partial charge in [0.05, 0.1) is 33.0 Å². The van der Waals surface area contributed by atoms with E-state index in [9.17, 15) is 0 Å². The van der Waals surface area contributed by atoms with Gasteiger partial charge in [-0.15, -0.1) is 24.7 Å². The molecule has 18 heavy (non-hydrogen) atoms. The minimum atomic E-state index is -0.113. The van der Waals surface area contributed by atoms with Crippen LogP contribution in [0, 0.1) is 30.1 Å². The third-order valence-electron chi connectivity index (χ3n) is 2.80. The minimum Gasteiger partial charge on any atom is -0.384 e. The molecule has 0 amide bonds. The first-order valence-electron chi connectivity index (χ1n) is 6.26. The minimum absolute atomic E-state index is 0.113. The maximum absolute atomic E-state index is 5.60. The molecule has 0 bridgehead atoms. The fraction of sp³-hybridized carbons (Fsp3) is 0.733. The van der Waals surface area contributed by atoms with Gasteiger partial charge in [0, 0.05) is 25.4 Å². The molecule has 0 aliphatic rings. The van der Waals surface area contributed by atoms with Gasteiger partial charge >= 0.3 is 0 Å². The van der Waals surface area contributed by atoms with E-state index in [4.69, 9.17) is 27.1 Å². The summed E-state index contributed by atoms with van der Waals surface area (Å²) in [6, 6.07) is 0. The van der Waals surface area contributed by atoms with Crippen molar-refractivity contribution in [1.82, 2.24) is 0 Å². The highest BCUT2D eigenvalue weighted by Gasteiger charge is 2.29. The van der Waals surface area contributed by atoms with Gasteiger partial charge in [-0.05, 0) is 6.42 Å². The van der Waals surface area contributed by atoms with Crippen molar-refractivity contribution in [2.45, 2.75) is 26.2 Å². The van der Waals surface area contributed by atoms with E-state index in [0.29, 0.717) is 45.9 Å². The normalized spacial score (nSPS) is 10.9. The van der Waals surface area contributed by atoms with Gasteiger partial charge < -0.3 is 14.2 Å². The van der Waals surface area contributed by atoms with Gasteiger partial charge in [0.1, 0.15) is 0 Å². The van der Waals surface area contributed by atoms with Crippen molar-refractivity contribution >= 4 is 0 Å². The van der Waals surface area contributed by atoms with Gasteiger partial charge in [-0.1, -0.05) is 6.92 Å². The Kier molecular flexibility index (Phi) is 10.5. The zero-order valence-corrected chi connectivity index (χ0v) is 11.5. The Labute approximate surface area is 111 Å². The average molecular weight is 252 g/mol. The Morgan fingerprint density at radius 2 is 1.44 bits per heavy atom. The van der Waals surface area contributed by atoms with E-state index in [1.807, 2.05) is 0 Å². The number of terminal acetylenes is 2. The molecule has 0 fully saturated rings. The fourth-order valence-electron chi connectivity index (χ4n) is 1.58. The highest BCUT2D eigenvalue weighted by Crippen LogP contribution is 2.23. The van der Waals surface area contributed by atoms with E-state index >= 15 is 0 Å². The summed E-state index contributed by atoms with van der Waals surface area (Å²) in [5, 5.41) is 0. The molecule has 0 saturated carbocycles. The van der Waals surface area contributed by atoms with Crippen LogP contribution in [0.4, 0.5) is 0 Å². The monoisotopic (exact) mass is 252 g/mol. The smallest absolute Gasteiger partial charge is 0.0575 e. The second-order valence-electron chi connectivity index (χ2n) is 4.30. The molecule has 0 aromatic rings. The van der Waals surface area contributed by atoms with E-state index in [-0.39, 0.29) is 5.41 Å². The van der Waals surface area contributed by atoms with E-state index in [2.05, 4.69) is 18.8 Å². The summed E-state index contributed by atoms with van der Waals surface area (Å²) in [5.41, 5.74) is -0.113. The van der Waals surface area contributed by atoms with Crippen molar-refractivity contribution < 1.29 is 14.2 Å². The summed E-state index contributed by atoms with van der Waals surface area (Å²) in [5.74, 6) is 5.11. The van der Waals surface area contributed by atoms with Gasteiger partial charge in [0.2, 0.25) is 0 Å². The van der Waals surface area contributed by atoms with Crippen LogP contribution in [0.2, 0.25) is 0 Å². The molecule has 0 spiro atoms. The first kappa shape index (κ1) is 17.0. The molecule has 0 aromatic carbocycles. The Morgan fingerprint density at radius 1 is 0.944 bits per heavy atom. The second kappa shape index (κ2) is 11.1. The highest BCUT2D eigenvalue weighted by atomic mass is 16.5. The molecule has 102 valence electrons. The zero-order valence-electron chi connectivity index (χ0n) is 11.5. The molecule has 0 atom stereocenters. The SMILES string of the molecule is C#CCCOCC(CC)(COC)COCCC#C. The molecule has 3 nitrogen and oxygen atoms in total. The maximum atomic E-state index is 5.60. The molecular weight excluding hydrogens is 228 g/mol. The van der Waals surface area contributed by atoms with Gasteiger partial charge in [-0.3, -0.25) is 0 Å². The zero-order chi connectivity index (χ0) is 13.7. The number of hydrogen-bond acceptors (Lipinski definition) is 3. The summed E-state index contributed by atoms with van der Waals surface area (Å²) in [4.78, 5) is 0. The van der Waals surface area contributed by atoms with E-state index in [0.717, 1.165) is 6.42 Å². The van der Waals surface area contributed by atoms with Crippen LogP contribution >= 0.6 is 0 Å². The third-order valence-corrected chi connectivity index (χ3v) is 2.80. The lowest BCUT2D eigenvalue weighted by molar-refractivity contribution is -0.0606. The molecular formula is C15H24O3. The highest BCUT2D eigenvalue weighted by molar-refractivity contribution is 4.84. The summed E-state index contributed by atoms with van der Waals surface area (Å²) >= 11 is 0. The number of ether oxygens (including phenoxy) is 3. The Morgan fingerprint density at radius 3 is 1.78 bits per heavy atom. The largest absolute Gasteiger partial charge is 0.384 e. The van der Waals surface area contributed by atoms with Crippen molar-refractivity contribution in [3.8, 4) is 24.7 Å². The van der Waals surface area contributed by atoms with Gasteiger partial charge in [-0.25, -0.2) is 0 Å². The van der Waals surface area contributed by atoms with Gasteiger partial charge in [0.25, 0.3) is 0 Å². The van der Waals surface area contributed by atoms with Crippen LogP contribution in [-0.2, 0) is 14.2 Å². The van der Waals surface area contributed by atoms with Crippen LogP contribution in [0.15, 0.2) is 0 Å². The molecule has 0 unspecified atom stereocenters. The molecule has 0 saturated heterocycles. The predicted molar refractivity (Wildman–Crippen MR) is 73.1 cm³/mol. The lowest BCUT2D eigenvalue weighted by Gasteiger charge is -2.31. The van der Waals surface area contributed by atoms with Crippen molar-refractivity contribution in [2.24, 2.45) is 5.41 Å². The van der Waals surface area contributed by atoms with E-state index in [1.165, 1.54) is 0 Å². The molecule has 3 heteroatoms. The Balaban J connectivity index is 4.14. The van der Waals surface area contributed by atoms with Crippen molar-refractivity contribution in [3.63, 3.8) is 0 Å². The molecule has 0 aromatic heterocycles. The summed E-state index contributed by atoms with van der Waals surface area (Å²) < 4.78 is 16.5. The summed E-state index contributed by atoms with van der Waals surface area (Å²) in [6.07, 6.45) is 12.6. The van der Waals surface area contributed by atoms with Crippen molar-refractivity contribution in [3.05, 3.63) is 0 Å². The first-order chi connectivity index (χ1) is 8.74. The summed E-state index contributed by atoms with van der Waals surface area (Å²) in [6.45, 7) is 5.05. The van der Waals surface area contributed by atoms with Crippen LogP contribution in [-0.4, -0.2) is 40.1 Å². The standard InChI is InChI=1S/C15H24O3/c1-5-8-10-17-13-15(7-3,12-16-4)14-18-11-9-6-2/h1-2H,7-14H2,3-4H3. The predicted octanol–water partition coefficient (Wildman–Crippen LogP) is 2.11. The van der Waals surface area contributed by atoms with E-state index in [1.54, 1.807) is 7.11 Å². The number of rotatable bonds is 11. The van der Waals surface area contributed by atoms with Crippen LogP contribution in [0.3, 0.4) is 0 Å². The van der Waals surface area contributed by atoms with Crippen LogP contribution in [0.1, 0.15) is 26.2 Å². The fourth-order valence-corrected chi connectivity index (χ4v) is 1.58. The topological polar surface area (TPSA) is 27.7 Å². The average Bonchev–Trinajstić information content (AvgIpc) is 2.39. The van der Waals surface area contributed by atoms with Gasteiger partial charge in [0.15, 0.2) is 0 Å². The quantitative estimate of drug-likeness (QED) is 0.416. The van der Waals surface area contributed by atoms with Crippen LogP contribution in [0.25, 0.3) is 0 Å². The molecule has 0 aliphatic heterocycles. The van der Waals surface area contributed by atoms with E-state index < -0.39 is 0 Å². The molecule has 0 aliphatic carbocycles. The lowest BCUT2D eigenvalue weighted by Crippen LogP contribution is -2.36. The number of methoxy groups -OCH3 is 1. The lowest BCUT2D eigenvalue weighted by atomic mass is 9.88. The first-order valence-corrected chi connectivity index (χ1v) is 6.26. The maximum Gasteiger partial charge on any atom is 0.0575 e. The number of hydrogen-bond donors (Lipinski definition) is 0. The molecule has 0 heterocycles. The van der Waals surface area contributed by atoms with Crippen LogP contribution in [0.5, 0.6) is 0 Å². The summed E-state index contributed by atoms with van der Waals surface area (Å²) in [7, 11) is 1.69. The van der Waals surface area contributed by atoms with Crippen molar-refractivity contribution in [2.75, 3.05) is 40.1 Å². The molecule has 0 N–H and O–H groups in total. The second-order valence-corrected chi connectivity index (χ2v) is 4.30. The Hall–Kier alpha value is -1.00. The molecule has 0 rings (SSSR count). The Bertz CT molecular complexity index is 250. The van der Waals surface area contributed by atoms with Crippen LogP contribution < -0.4 is 0 Å².